The Morgan fingerprint density at radius 1 is 0.656 bits per heavy atom. The van der Waals surface area contributed by atoms with E-state index in [-0.39, 0.29) is 18.9 Å². The number of ether oxygens (including phenoxy) is 1. The summed E-state index contributed by atoms with van der Waals surface area (Å²) in [5.41, 5.74) is 2.95. The summed E-state index contributed by atoms with van der Waals surface area (Å²) < 4.78 is 5.38. The molecule has 0 aliphatic heterocycles. The van der Waals surface area contributed by atoms with E-state index < -0.39 is 5.97 Å². The number of carbonyl (C=O) groups excluding carboxylic acids is 2. The lowest BCUT2D eigenvalue weighted by molar-refractivity contribution is -0.152. The van der Waals surface area contributed by atoms with Gasteiger partial charge in [0.2, 0.25) is 0 Å². The maximum Gasteiger partial charge on any atom is 0.310 e. The minimum absolute atomic E-state index is 0.131. The summed E-state index contributed by atoms with van der Waals surface area (Å²) in [6, 6.07) is 33.4. The van der Waals surface area contributed by atoms with Gasteiger partial charge >= 0.3 is 5.97 Å². The molecule has 0 heterocycles. The molecule has 0 aliphatic rings. The lowest BCUT2D eigenvalue weighted by Gasteiger charge is -2.23. The molecule has 4 aromatic rings. The molecule has 32 heavy (non-hydrogen) atoms. The van der Waals surface area contributed by atoms with Crippen molar-refractivity contribution in [3.63, 3.8) is 0 Å². The van der Waals surface area contributed by atoms with Crippen molar-refractivity contribution in [1.82, 2.24) is 4.90 Å². The smallest absolute Gasteiger partial charge is 0.310 e. The average molecular weight is 424 g/mol. The molecule has 0 radical (unpaired) electrons. The largest absolute Gasteiger partial charge is 0.455 e. The third kappa shape index (κ3) is 5.61. The van der Waals surface area contributed by atoms with Gasteiger partial charge in [-0.3, -0.25) is 9.59 Å². The summed E-state index contributed by atoms with van der Waals surface area (Å²) in [4.78, 5) is 27.2. The molecule has 0 fully saturated rings. The first-order valence-electron chi connectivity index (χ1n) is 10.7. The van der Waals surface area contributed by atoms with Crippen LogP contribution >= 0.6 is 0 Å². The van der Waals surface area contributed by atoms with Gasteiger partial charge in [-0.1, -0.05) is 103 Å². The summed E-state index contributed by atoms with van der Waals surface area (Å²) in [6.45, 7) is 0.633. The van der Waals surface area contributed by atoms with Crippen molar-refractivity contribution in [3.05, 3.63) is 120 Å². The topological polar surface area (TPSA) is 46.6 Å². The predicted molar refractivity (Wildman–Crippen MR) is 126 cm³/mol. The van der Waals surface area contributed by atoms with Gasteiger partial charge in [-0.15, -0.1) is 0 Å². The molecule has 4 aromatic carbocycles. The zero-order valence-corrected chi connectivity index (χ0v) is 17.8. The van der Waals surface area contributed by atoms with Gasteiger partial charge in [-0.2, -0.15) is 0 Å². The van der Waals surface area contributed by atoms with Gasteiger partial charge in [0.1, 0.15) is 0 Å². The van der Waals surface area contributed by atoms with Crippen LogP contribution in [0.4, 0.5) is 0 Å². The van der Waals surface area contributed by atoms with E-state index in [0.717, 1.165) is 27.5 Å². The number of hydrogen-bond acceptors (Lipinski definition) is 3. The van der Waals surface area contributed by atoms with E-state index in [1.54, 1.807) is 4.90 Å². The number of rotatable bonds is 8. The lowest BCUT2D eigenvalue weighted by atomic mass is 10.0. The van der Waals surface area contributed by atoms with Gasteiger partial charge in [0.25, 0.3) is 5.91 Å². The summed E-state index contributed by atoms with van der Waals surface area (Å²) in [7, 11) is 0. The third-order valence-electron chi connectivity index (χ3n) is 5.36. The number of fused-ring (bicyclic) bond motifs is 1. The number of carbonyl (C=O) groups is 2. The number of amides is 1. The molecule has 0 aliphatic carbocycles. The van der Waals surface area contributed by atoms with Crippen molar-refractivity contribution < 1.29 is 14.3 Å². The van der Waals surface area contributed by atoms with Crippen molar-refractivity contribution in [1.29, 1.82) is 0 Å². The fourth-order valence-electron chi connectivity index (χ4n) is 3.73. The first-order valence-corrected chi connectivity index (χ1v) is 10.7. The van der Waals surface area contributed by atoms with E-state index in [9.17, 15) is 9.59 Å². The highest BCUT2D eigenvalue weighted by Gasteiger charge is 2.17. The first-order chi connectivity index (χ1) is 15.7. The molecule has 1 amide bonds. The Balaban J connectivity index is 1.41. The normalized spacial score (nSPS) is 10.6. The molecule has 0 bridgehead atoms. The molecule has 160 valence electrons. The fraction of sp³-hybridized carbons (Fsp3) is 0.143. The van der Waals surface area contributed by atoms with E-state index in [4.69, 9.17) is 4.74 Å². The summed E-state index contributed by atoms with van der Waals surface area (Å²) in [5, 5.41) is 2.10. The Bertz CT molecular complexity index is 1140. The van der Waals surface area contributed by atoms with E-state index >= 15 is 0 Å². The minimum Gasteiger partial charge on any atom is -0.455 e. The van der Waals surface area contributed by atoms with E-state index in [1.165, 1.54) is 0 Å². The van der Waals surface area contributed by atoms with Crippen molar-refractivity contribution in [2.45, 2.75) is 19.5 Å². The summed E-state index contributed by atoms with van der Waals surface area (Å²) in [5.74, 6) is -0.627. The maximum absolute atomic E-state index is 13.0. The monoisotopic (exact) mass is 423 g/mol. The Kier molecular flexibility index (Phi) is 6.93. The number of esters is 1. The highest BCUT2D eigenvalue weighted by atomic mass is 16.5. The molecule has 4 heteroatoms. The van der Waals surface area contributed by atoms with Crippen LogP contribution in [0.5, 0.6) is 0 Å². The molecule has 0 unspecified atom stereocenters. The van der Waals surface area contributed by atoms with Crippen LogP contribution in [-0.2, 0) is 33.8 Å². The molecule has 0 aromatic heterocycles. The number of hydrogen-bond donors (Lipinski definition) is 0. The van der Waals surface area contributed by atoms with Gasteiger partial charge in [-0.05, 0) is 27.5 Å². The zero-order chi connectivity index (χ0) is 22.2. The van der Waals surface area contributed by atoms with Crippen LogP contribution < -0.4 is 0 Å². The number of nitrogens with zero attached hydrogens (tertiary/aromatic N) is 1. The lowest BCUT2D eigenvalue weighted by Crippen LogP contribution is -2.34. The van der Waals surface area contributed by atoms with Gasteiger partial charge < -0.3 is 9.64 Å². The van der Waals surface area contributed by atoms with Crippen LogP contribution in [0, 0.1) is 0 Å². The van der Waals surface area contributed by atoms with Crippen LogP contribution in [-0.4, -0.2) is 23.4 Å². The first kappa shape index (κ1) is 21.3. The Morgan fingerprint density at radius 2 is 1.22 bits per heavy atom. The molecular formula is C28H25NO3. The molecule has 0 saturated heterocycles. The van der Waals surface area contributed by atoms with Crippen LogP contribution in [0.1, 0.15) is 16.7 Å². The van der Waals surface area contributed by atoms with Crippen LogP contribution in [0.2, 0.25) is 0 Å². The summed E-state index contributed by atoms with van der Waals surface area (Å²) >= 11 is 0. The van der Waals surface area contributed by atoms with Crippen LogP contribution in [0.3, 0.4) is 0 Å². The van der Waals surface area contributed by atoms with E-state index in [0.29, 0.717) is 13.1 Å². The Hall–Kier alpha value is -3.92. The van der Waals surface area contributed by atoms with Gasteiger partial charge in [0.05, 0.1) is 6.42 Å². The molecule has 4 rings (SSSR count). The maximum atomic E-state index is 13.0. The van der Waals surface area contributed by atoms with Crippen molar-refractivity contribution in [2.24, 2.45) is 0 Å². The predicted octanol–water partition coefficient (Wildman–Crippen LogP) is 5.15. The molecule has 0 saturated carbocycles. The van der Waals surface area contributed by atoms with Crippen molar-refractivity contribution in [2.75, 3.05) is 6.61 Å². The Labute approximate surface area is 188 Å². The van der Waals surface area contributed by atoms with Crippen molar-refractivity contribution >= 4 is 22.6 Å². The second-order valence-electron chi connectivity index (χ2n) is 7.70. The van der Waals surface area contributed by atoms with E-state index in [2.05, 4.69) is 0 Å². The molecule has 0 N–H and O–H groups in total. The second-order valence-corrected chi connectivity index (χ2v) is 7.70. The minimum atomic E-state index is -0.408. The second kappa shape index (κ2) is 10.4. The fourth-order valence-corrected chi connectivity index (χ4v) is 3.73. The third-order valence-corrected chi connectivity index (χ3v) is 5.36. The SMILES string of the molecule is O=C(Cc1cccc2ccccc12)OCC(=O)N(Cc1ccccc1)Cc1ccccc1. The van der Waals surface area contributed by atoms with E-state index in [1.807, 2.05) is 103 Å². The van der Waals surface area contributed by atoms with Gasteiger partial charge in [0.15, 0.2) is 6.61 Å². The van der Waals surface area contributed by atoms with Gasteiger partial charge in [0, 0.05) is 13.1 Å². The van der Waals surface area contributed by atoms with Gasteiger partial charge in [-0.25, -0.2) is 0 Å². The average Bonchev–Trinajstić information content (AvgIpc) is 2.84. The highest BCUT2D eigenvalue weighted by molar-refractivity contribution is 5.89. The molecule has 4 nitrogen and oxygen atoms in total. The molecule has 0 spiro atoms. The zero-order valence-electron chi connectivity index (χ0n) is 17.8. The molecular weight excluding hydrogens is 398 g/mol. The van der Waals surface area contributed by atoms with Crippen molar-refractivity contribution in [3.8, 4) is 0 Å². The number of benzene rings is 4. The van der Waals surface area contributed by atoms with Crippen LogP contribution in [0.15, 0.2) is 103 Å². The summed E-state index contributed by atoms with van der Waals surface area (Å²) in [6.07, 6.45) is 0.131. The highest BCUT2D eigenvalue weighted by Crippen LogP contribution is 2.19. The quantitative estimate of drug-likeness (QED) is 0.368. The molecule has 0 atom stereocenters. The standard InChI is InChI=1S/C28H25NO3/c30-27(21-32-28(31)18-25-16-9-15-24-14-7-8-17-26(24)25)29(19-22-10-3-1-4-11-22)20-23-12-5-2-6-13-23/h1-17H,18-21H2. The Morgan fingerprint density at radius 3 is 1.88 bits per heavy atom. The van der Waals surface area contributed by atoms with Crippen LogP contribution in [0.25, 0.3) is 10.8 Å².